The number of hydrogen-bond acceptors (Lipinski definition) is 10. The van der Waals surface area contributed by atoms with Crippen molar-refractivity contribution in [3.05, 3.63) is 41.6 Å². The summed E-state index contributed by atoms with van der Waals surface area (Å²) < 4.78 is 11.4. The molecule has 2 N–H and O–H groups in total. The van der Waals surface area contributed by atoms with Gasteiger partial charge in [0.1, 0.15) is 37.0 Å². The molecule has 0 spiro atoms. The summed E-state index contributed by atoms with van der Waals surface area (Å²) in [5, 5.41) is 20.2. The number of rotatable bonds is 11. The van der Waals surface area contributed by atoms with E-state index in [4.69, 9.17) is 9.47 Å². The van der Waals surface area contributed by atoms with Gasteiger partial charge in [-0.1, -0.05) is 0 Å². The lowest BCUT2D eigenvalue weighted by Crippen LogP contribution is -2.48. The lowest BCUT2D eigenvalue weighted by atomic mass is 10.1. The van der Waals surface area contributed by atoms with E-state index < -0.39 is 23.8 Å². The fourth-order valence-electron chi connectivity index (χ4n) is 4.37. The highest BCUT2D eigenvalue weighted by Gasteiger charge is 2.42. The topological polar surface area (TPSA) is 151 Å². The van der Waals surface area contributed by atoms with Gasteiger partial charge in [0.25, 0.3) is 11.8 Å². The third kappa shape index (κ3) is 5.85. The molecule has 0 radical (unpaired) electrons. The Balaban J connectivity index is 1.34. The minimum absolute atomic E-state index is 0.0372. The zero-order chi connectivity index (χ0) is 26.4. The second-order valence-corrected chi connectivity index (χ2v) is 8.73. The minimum Gasteiger partial charge on any atom is -0.490 e. The molecule has 2 aliphatic heterocycles. The molecule has 0 aliphatic carbocycles. The van der Waals surface area contributed by atoms with Crippen LogP contribution >= 0.6 is 0 Å². The van der Waals surface area contributed by atoms with Crippen LogP contribution in [0, 0.1) is 0 Å². The van der Waals surface area contributed by atoms with E-state index in [9.17, 15) is 24.3 Å². The standard InChI is InChI=1S/C25H29N5O7/c1-26-23(33)21(3-2-10-31)30-24(34)19-5-4-17(13-20(19)25(30)35)36-11-12-37-18-14-22(28-27-15-18)29-8-6-16(32)7-9-29/h4-5,10,13-16,21,32H,2-3,6-9,11-12H2,1H3,(H,26,33). The molecule has 1 saturated heterocycles. The average Bonchev–Trinajstić information content (AvgIpc) is 3.16. The monoisotopic (exact) mass is 511 g/mol. The number of aliphatic hydroxyl groups excluding tert-OH is 1. The van der Waals surface area contributed by atoms with Crippen molar-refractivity contribution >= 4 is 29.8 Å². The lowest BCUT2D eigenvalue weighted by Gasteiger charge is -2.30. The second kappa shape index (κ2) is 11.8. The number of fused-ring (bicyclic) bond motifs is 1. The van der Waals surface area contributed by atoms with E-state index in [2.05, 4.69) is 15.5 Å². The Labute approximate surface area is 213 Å². The van der Waals surface area contributed by atoms with E-state index >= 15 is 0 Å². The summed E-state index contributed by atoms with van der Waals surface area (Å²) in [5.41, 5.74) is 0.312. The Morgan fingerprint density at radius 3 is 2.54 bits per heavy atom. The lowest BCUT2D eigenvalue weighted by molar-refractivity contribution is -0.124. The number of imide groups is 1. The van der Waals surface area contributed by atoms with Gasteiger partial charge in [0, 0.05) is 32.6 Å². The maximum atomic E-state index is 13.0. The summed E-state index contributed by atoms with van der Waals surface area (Å²) in [4.78, 5) is 51.9. The number of aliphatic hydroxyl groups is 1. The summed E-state index contributed by atoms with van der Waals surface area (Å²) >= 11 is 0. The number of aldehydes is 1. The molecule has 2 aromatic rings. The van der Waals surface area contributed by atoms with Crippen molar-refractivity contribution in [1.82, 2.24) is 20.4 Å². The molecular weight excluding hydrogens is 482 g/mol. The number of likely N-dealkylation sites (N-methyl/N-ethyl adjacent to an activating group) is 1. The maximum Gasteiger partial charge on any atom is 0.262 e. The Bertz CT molecular complexity index is 1170. The molecule has 0 bridgehead atoms. The molecular formula is C25H29N5O7. The van der Waals surface area contributed by atoms with Crippen LogP contribution in [0.4, 0.5) is 5.82 Å². The number of piperidine rings is 1. The normalized spacial score (nSPS) is 16.4. The molecule has 196 valence electrons. The number of aromatic nitrogens is 2. The third-order valence-corrected chi connectivity index (χ3v) is 6.33. The number of ether oxygens (including phenoxy) is 2. The van der Waals surface area contributed by atoms with Gasteiger partial charge in [0.05, 0.1) is 23.4 Å². The number of anilines is 1. The van der Waals surface area contributed by atoms with E-state index in [0.717, 1.165) is 4.90 Å². The van der Waals surface area contributed by atoms with Crippen LogP contribution in [0.15, 0.2) is 30.5 Å². The summed E-state index contributed by atoms with van der Waals surface area (Å²) in [7, 11) is 1.41. The van der Waals surface area contributed by atoms with Crippen molar-refractivity contribution in [3.8, 4) is 11.5 Å². The first kappa shape index (κ1) is 26.0. The highest BCUT2D eigenvalue weighted by Crippen LogP contribution is 2.29. The second-order valence-electron chi connectivity index (χ2n) is 8.73. The zero-order valence-electron chi connectivity index (χ0n) is 20.5. The molecule has 1 aromatic heterocycles. The molecule has 37 heavy (non-hydrogen) atoms. The highest BCUT2D eigenvalue weighted by molar-refractivity contribution is 6.23. The Kier molecular flexibility index (Phi) is 8.29. The quantitative estimate of drug-likeness (QED) is 0.249. The average molecular weight is 512 g/mol. The maximum absolute atomic E-state index is 13.0. The largest absolute Gasteiger partial charge is 0.490 e. The van der Waals surface area contributed by atoms with Crippen LogP contribution in [0.1, 0.15) is 46.4 Å². The molecule has 1 fully saturated rings. The highest BCUT2D eigenvalue weighted by atomic mass is 16.5. The predicted molar refractivity (Wildman–Crippen MR) is 131 cm³/mol. The fourth-order valence-corrected chi connectivity index (χ4v) is 4.37. The van der Waals surface area contributed by atoms with Crippen molar-refractivity contribution in [2.24, 2.45) is 0 Å². The molecule has 0 saturated carbocycles. The van der Waals surface area contributed by atoms with Gasteiger partial charge in [-0.05, 0) is 37.5 Å². The van der Waals surface area contributed by atoms with E-state index in [0.29, 0.717) is 49.5 Å². The van der Waals surface area contributed by atoms with E-state index in [-0.39, 0.29) is 43.3 Å². The molecule has 3 heterocycles. The number of amides is 3. The van der Waals surface area contributed by atoms with Crippen LogP contribution in [-0.2, 0) is 9.59 Å². The van der Waals surface area contributed by atoms with Gasteiger partial charge in [-0.15, -0.1) is 5.10 Å². The molecule has 2 aliphatic rings. The van der Waals surface area contributed by atoms with Crippen molar-refractivity contribution in [3.63, 3.8) is 0 Å². The number of hydrogen-bond donors (Lipinski definition) is 2. The smallest absolute Gasteiger partial charge is 0.262 e. The molecule has 12 heteroatoms. The number of carbonyl (C=O) groups is 4. The number of nitrogens with one attached hydrogen (secondary N) is 1. The molecule has 4 rings (SSSR count). The summed E-state index contributed by atoms with van der Waals surface area (Å²) in [5.74, 6) is -0.132. The van der Waals surface area contributed by atoms with E-state index in [1.807, 2.05) is 4.90 Å². The Morgan fingerprint density at radius 1 is 1.14 bits per heavy atom. The fraction of sp³-hybridized carbons (Fsp3) is 0.440. The SMILES string of the molecule is CNC(=O)C(CCC=O)N1C(=O)c2ccc(OCCOc3cnnc(N4CCC(O)CC4)c3)cc2C1=O. The molecule has 3 amide bonds. The minimum atomic E-state index is -1.07. The van der Waals surface area contributed by atoms with Gasteiger partial charge >= 0.3 is 0 Å². The van der Waals surface area contributed by atoms with Crippen molar-refractivity contribution < 1.29 is 33.8 Å². The van der Waals surface area contributed by atoms with E-state index in [1.54, 1.807) is 12.1 Å². The number of benzene rings is 1. The van der Waals surface area contributed by atoms with Crippen LogP contribution < -0.4 is 19.7 Å². The van der Waals surface area contributed by atoms with Gasteiger partial charge in [-0.2, -0.15) is 5.10 Å². The van der Waals surface area contributed by atoms with Crippen molar-refractivity contribution in [1.29, 1.82) is 0 Å². The number of nitrogens with zero attached hydrogens (tertiary/aromatic N) is 4. The van der Waals surface area contributed by atoms with Crippen LogP contribution in [0.3, 0.4) is 0 Å². The molecule has 1 aromatic carbocycles. The zero-order valence-corrected chi connectivity index (χ0v) is 20.5. The Morgan fingerprint density at radius 2 is 1.84 bits per heavy atom. The van der Waals surface area contributed by atoms with Gasteiger partial charge in [0.15, 0.2) is 5.82 Å². The molecule has 12 nitrogen and oxygen atoms in total. The third-order valence-electron chi connectivity index (χ3n) is 6.33. The van der Waals surface area contributed by atoms with Crippen LogP contribution in [-0.4, -0.2) is 89.7 Å². The van der Waals surface area contributed by atoms with Gasteiger partial charge in [-0.25, -0.2) is 0 Å². The van der Waals surface area contributed by atoms with E-state index in [1.165, 1.54) is 25.4 Å². The molecule has 1 unspecified atom stereocenters. The van der Waals surface area contributed by atoms with Crippen LogP contribution in [0.2, 0.25) is 0 Å². The first-order chi connectivity index (χ1) is 17.9. The Hall–Kier alpha value is -4.06. The van der Waals surface area contributed by atoms with Gasteiger partial charge < -0.3 is 29.6 Å². The van der Waals surface area contributed by atoms with Crippen LogP contribution in [0.25, 0.3) is 0 Å². The van der Waals surface area contributed by atoms with Gasteiger partial charge in [-0.3, -0.25) is 19.3 Å². The summed E-state index contributed by atoms with van der Waals surface area (Å²) in [6.45, 7) is 1.75. The van der Waals surface area contributed by atoms with Crippen molar-refractivity contribution in [2.45, 2.75) is 37.8 Å². The summed E-state index contributed by atoms with van der Waals surface area (Å²) in [6.07, 6.45) is 3.30. The number of carbonyl (C=O) groups excluding carboxylic acids is 4. The first-order valence-electron chi connectivity index (χ1n) is 12.1. The first-order valence-corrected chi connectivity index (χ1v) is 12.1. The van der Waals surface area contributed by atoms with Crippen LogP contribution in [0.5, 0.6) is 11.5 Å². The van der Waals surface area contributed by atoms with Gasteiger partial charge in [0.2, 0.25) is 5.91 Å². The molecule has 1 atom stereocenters. The van der Waals surface area contributed by atoms with Crippen molar-refractivity contribution in [2.75, 3.05) is 38.3 Å². The summed E-state index contributed by atoms with van der Waals surface area (Å²) in [6, 6.07) is 5.24. The predicted octanol–water partition coefficient (Wildman–Crippen LogP) is 0.585.